The lowest BCUT2D eigenvalue weighted by Crippen LogP contribution is -2.60. The summed E-state index contributed by atoms with van der Waals surface area (Å²) in [5.74, 6) is 0. The molecule has 0 radical (unpaired) electrons. The average Bonchev–Trinajstić information content (AvgIpc) is 3.49. The van der Waals surface area contributed by atoms with Gasteiger partial charge in [-0.25, -0.2) is 0 Å². The molecule has 50 heavy (non-hydrogen) atoms. The Kier molecular flexibility index (Phi) is 12.1. The Hall–Kier alpha value is -3.79. The molecule has 7 rings (SSSR count). The van der Waals surface area contributed by atoms with Crippen LogP contribution in [0.4, 0.5) is 0 Å². The van der Waals surface area contributed by atoms with Crippen LogP contribution in [0.2, 0.25) is 0 Å². The lowest BCUT2D eigenvalue weighted by molar-refractivity contribution is -0.254. The summed E-state index contributed by atoms with van der Waals surface area (Å²) in [7, 11) is 0. The highest BCUT2D eigenvalue weighted by molar-refractivity contribution is 8.00. The number of ether oxygens (including phenoxy) is 5. The van der Waals surface area contributed by atoms with Crippen LogP contribution in [-0.2, 0) is 56.5 Å². The number of benzene rings is 5. The van der Waals surface area contributed by atoms with Gasteiger partial charge in [-0.05, 0) is 39.8 Å². The van der Waals surface area contributed by atoms with Crippen LogP contribution in [0.3, 0.4) is 0 Å². The molecule has 1 fully saturated rings. The molecule has 7 atom stereocenters. The normalized spacial score (nSPS) is 24.5. The zero-order chi connectivity index (χ0) is 34.0. The van der Waals surface area contributed by atoms with Gasteiger partial charge in [0.2, 0.25) is 0 Å². The molecule has 1 heterocycles. The Balaban J connectivity index is 1.20. The summed E-state index contributed by atoms with van der Waals surface area (Å²) in [6.45, 7) is 1.90. The van der Waals surface area contributed by atoms with E-state index in [0.29, 0.717) is 33.0 Å². The molecule has 0 amide bonds. The maximum atomic E-state index is 11.5. The summed E-state index contributed by atoms with van der Waals surface area (Å²) in [4.78, 5) is 0. The minimum absolute atomic E-state index is 0.109. The maximum Gasteiger partial charge on any atom is 0.133 e. The molecule has 2 aliphatic rings. The molecule has 258 valence electrons. The lowest BCUT2D eigenvalue weighted by atomic mass is 9.98. The van der Waals surface area contributed by atoms with E-state index in [-0.39, 0.29) is 5.25 Å². The van der Waals surface area contributed by atoms with E-state index in [0.717, 1.165) is 34.2 Å². The van der Waals surface area contributed by atoms with Crippen molar-refractivity contribution in [1.29, 1.82) is 0 Å². The minimum Gasteiger partial charge on any atom is -0.387 e. The third-order valence-corrected chi connectivity index (χ3v) is 10.7. The molecule has 0 saturated carbocycles. The van der Waals surface area contributed by atoms with Gasteiger partial charge in [0.1, 0.15) is 29.9 Å². The summed E-state index contributed by atoms with van der Waals surface area (Å²) in [5, 5.41) is 11.4. The van der Waals surface area contributed by atoms with Gasteiger partial charge in [0, 0.05) is 5.25 Å². The van der Waals surface area contributed by atoms with Gasteiger partial charge < -0.3 is 28.8 Å². The van der Waals surface area contributed by atoms with E-state index >= 15 is 0 Å². The summed E-state index contributed by atoms with van der Waals surface area (Å²) in [6.07, 6.45) is -1.84. The second kappa shape index (κ2) is 17.4. The maximum absolute atomic E-state index is 11.5. The highest BCUT2D eigenvalue weighted by Gasteiger charge is 2.50. The van der Waals surface area contributed by atoms with Crippen LogP contribution in [0.1, 0.15) is 39.5 Å². The molecule has 1 aliphatic heterocycles. The summed E-state index contributed by atoms with van der Waals surface area (Å²) in [5.41, 5.74) is 5.94. The Bertz CT molecular complexity index is 1720. The smallest absolute Gasteiger partial charge is 0.133 e. The minimum atomic E-state index is -0.613. The van der Waals surface area contributed by atoms with Crippen molar-refractivity contribution in [2.24, 2.45) is 0 Å². The van der Waals surface area contributed by atoms with Crippen LogP contribution in [0.5, 0.6) is 0 Å². The quantitative estimate of drug-likeness (QED) is 0.119. The van der Waals surface area contributed by atoms with Crippen molar-refractivity contribution in [2.45, 2.75) is 74.1 Å². The predicted octanol–water partition coefficient (Wildman–Crippen LogP) is 8.08. The number of aliphatic hydroxyl groups is 1. The number of rotatable bonds is 15. The summed E-state index contributed by atoms with van der Waals surface area (Å²) >= 11 is 1.62. The fourth-order valence-electron chi connectivity index (χ4n) is 6.69. The lowest BCUT2D eigenvalue weighted by Gasteiger charge is -2.46. The van der Waals surface area contributed by atoms with Gasteiger partial charge >= 0.3 is 0 Å². The van der Waals surface area contributed by atoms with E-state index in [1.165, 1.54) is 5.56 Å². The molecular formula is C43H44O6S. The van der Waals surface area contributed by atoms with Crippen LogP contribution in [0.15, 0.2) is 146 Å². The van der Waals surface area contributed by atoms with Crippen LogP contribution in [0.25, 0.3) is 0 Å². The van der Waals surface area contributed by atoms with E-state index in [2.05, 4.69) is 54.6 Å². The van der Waals surface area contributed by atoms with Gasteiger partial charge in [-0.2, -0.15) is 0 Å². The summed E-state index contributed by atoms with van der Waals surface area (Å²) < 4.78 is 33.9. The van der Waals surface area contributed by atoms with Gasteiger partial charge in [-0.1, -0.05) is 146 Å². The van der Waals surface area contributed by atoms with Crippen molar-refractivity contribution in [3.63, 3.8) is 0 Å². The second-order valence-electron chi connectivity index (χ2n) is 12.8. The van der Waals surface area contributed by atoms with Gasteiger partial charge in [-0.3, -0.25) is 0 Å². The molecule has 0 aromatic heterocycles. The second-order valence-corrected chi connectivity index (χ2v) is 14.2. The average molecular weight is 689 g/mol. The van der Waals surface area contributed by atoms with Crippen LogP contribution in [-0.4, -0.2) is 46.8 Å². The van der Waals surface area contributed by atoms with Gasteiger partial charge in [0.05, 0.1) is 39.1 Å². The van der Waals surface area contributed by atoms with Crippen LogP contribution in [0, 0.1) is 0 Å². The number of hydrogen-bond acceptors (Lipinski definition) is 7. The molecule has 1 N–H and O–H groups in total. The van der Waals surface area contributed by atoms with Gasteiger partial charge in [0.15, 0.2) is 0 Å². The summed E-state index contributed by atoms with van der Waals surface area (Å²) in [6, 6.07) is 48.8. The highest BCUT2D eigenvalue weighted by atomic mass is 32.2. The van der Waals surface area contributed by atoms with Crippen molar-refractivity contribution in [2.75, 3.05) is 6.61 Å². The van der Waals surface area contributed by atoms with Crippen molar-refractivity contribution in [3.05, 3.63) is 179 Å². The molecule has 5 aromatic rings. The Morgan fingerprint density at radius 1 is 0.540 bits per heavy atom. The largest absolute Gasteiger partial charge is 0.387 e. The standard InChI is InChI=1S/C43H44O6S/c44-39-36-24-14-13-23-35(36)25-38(39)50-43-42(48-29-34-21-11-4-12-22-34)41(47-28-33-19-9-3-10-20-33)40(46-27-32-17-7-2-8-18-32)37(49-43)30-45-26-31-15-5-1-6-16-31/h1-24,37-44H,25-30H2/t37-,38-,39+,40-,41+,42-,43+/m1/s1. The molecule has 1 saturated heterocycles. The molecule has 1 aliphatic carbocycles. The third kappa shape index (κ3) is 8.92. The van der Waals surface area contributed by atoms with E-state index in [4.69, 9.17) is 23.7 Å². The first kappa shape index (κ1) is 34.6. The van der Waals surface area contributed by atoms with E-state index in [1.807, 2.05) is 91.0 Å². The third-order valence-electron chi connectivity index (χ3n) is 9.30. The first-order chi connectivity index (χ1) is 24.7. The SMILES string of the molecule is O[C@H]1c2ccccc2C[C@H]1S[C@@H]1O[C@H](COCc2ccccc2)[C@@H](OCc2ccccc2)[C@H](OCc2ccccc2)[C@H]1OCc1ccccc1. The Labute approximate surface area is 299 Å². The van der Waals surface area contributed by atoms with Crippen molar-refractivity contribution in [3.8, 4) is 0 Å². The zero-order valence-corrected chi connectivity index (χ0v) is 28.9. The topological polar surface area (TPSA) is 66.4 Å². The predicted molar refractivity (Wildman–Crippen MR) is 196 cm³/mol. The Morgan fingerprint density at radius 2 is 1.00 bits per heavy atom. The van der Waals surface area contributed by atoms with Crippen molar-refractivity contribution in [1.82, 2.24) is 0 Å². The molecule has 0 unspecified atom stereocenters. The van der Waals surface area contributed by atoms with E-state index in [9.17, 15) is 5.11 Å². The highest BCUT2D eigenvalue weighted by Crippen LogP contribution is 2.44. The Morgan fingerprint density at radius 3 is 1.54 bits per heavy atom. The monoisotopic (exact) mass is 688 g/mol. The van der Waals surface area contributed by atoms with E-state index in [1.54, 1.807) is 11.8 Å². The first-order valence-corrected chi connectivity index (χ1v) is 18.3. The molecule has 0 bridgehead atoms. The molecule has 6 nitrogen and oxygen atoms in total. The fraction of sp³-hybridized carbons (Fsp3) is 0.302. The number of fused-ring (bicyclic) bond motifs is 1. The number of thioether (sulfide) groups is 1. The molecule has 5 aromatic carbocycles. The zero-order valence-electron chi connectivity index (χ0n) is 28.0. The fourth-order valence-corrected chi connectivity index (χ4v) is 8.20. The van der Waals surface area contributed by atoms with Gasteiger partial charge in [0.25, 0.3) is 0 Å². The van der Waals surface area contributed by atoms with Crippen molar-refractivity contribution >= 4 is 11.8 Å². The van der Waals surface area contributed by atoms with E-state index < -0.39 is 36.0 Å². The van der Waals surface area contributed by atoms with Crippen molar-refractivity contribution < 1.29 is 28.8 Å². The van der Waals surface area contributed by atoms with Crippen LogP contribution >= 0.6 is 11.8 Å². The number of hydrogen-bond donors (Lipinski definition) is 1. The number of aliphatic hydroxyl groups excluding tert-OH is 1. The van der Waals surface area contributed by atoms with Crippen LogP contribution < -0.4 is 0 Å². The molecule has 7 heteroatoms. The first-order valence-electron chi connectivity index (χ1n) is 17.4. The molecular weight excluding hydrogens is 645 g/mol. The molecule has 0 spiro atoms. The van der Waals surface area contributed by atoms with Gasteiger partial charge in [-0.15, -0.1) is 11.8 Å².